The van der Waals surface area contributed by atoms with Gasteiger partial charge in [0.2, 0.25) is 5.91 Å². The van der Waals surface area contributed by atoms with Crippen LogP contribution in [0.15, 0.2) is 24.3 Å². The molecule has 0 saturated carbocycles. The summed E-state index contributed by atoms with van der Waals surface area (Å²) in [6.45, 7) is 3.55. The highest BCUT2D eigenvalue weighted by atomic mass is 16.5. The van der Waals surface area contributed by atoms with Gasteiger partial charge in [0, 0.05) is 18.8 Å². The Labute approximate surface area is 154 Å². The Morgan fingerprint density at radius 1 is 1.35 bits per heavy atom. The molecule has 0 spiro atoms. The molecule has 1 aliphatic heterocycles. The van der Waals surface area contributed by atoms with Gasteiger partial charge in [0.05, 0.1) is 25.1 Å². The van der Waals surface area contributed by atoms with Gasteiger partial charge < -0.3 is 15.4 Å². The molecule has 2 rings (SSSR count). The number of carbonyl (C=O) groups excluding carboxylic acids is 2. The molecular formula is C19H26N4O3. The zero-order valence-corrected chi connectivity index (χ0v) is 15.1. The minimum atomic E-state index is -0.752. The number of nitriles is 1. The van der Waals surface area contributed by atoms with Crippen LogP contribution in [0.1, 0.15) is 31.7 Å². The molecule has 2 amide bonds. The molecule has 1 aliphatic rings. The summed E-state index contributed by atoms with van der Waals surface area (Å²) in [5, 5.41) is 11.3. The predicted octanol–water partition coefficient (Wildman–Crippen LogP) is 2.28. The van der Waals surface area contributed by atoms with E-state index in [-0.39, 0.29) is 18.2 Å². The first kappa shape index (κ1) is 19.7. The maximum absolute atomic E-state index is 12.1. The lowest BCUT2D eigenvalue weighted by atomic mass is 9.97. The molecule has 7 nitrogen and oxygen atoms in total. The monoisotopic (exact) mass is 358 g/mol. The minimum Gasteiger partial charge on any atom is -0.449 e. The van der Waals surface area contributed by atoms with E-state index < -0.39 is 12.1 Å². The maximum atomic E-state index is 12.1. The quantitative estimate of drug-likeness (QED) is 0.811. The second-order valence-electron chi connectivity index (χ2n) is 6.51. The number of rotatable bonds is 6. The fourth-order valence-electron chi connectivity index (χ4n) is 2.91. The number of likely N-dealkylation sites (tertiary alicyclic amines) is 1. The van der Waals surface area contributed by atoms with E-state index in [0.29, 0.717) is 25.4 Å². The van der Waals surface area contributed by atoms with Gasteiger partial charge in [0.25, 0.3) is 0 Å². The van der Waals surface area contributed by atoms with Crippen molar-refractivity contribution in [2.45, 2.75) is 38.6 Å². The topological polar surface area (TPSA) is 108 Å². The summed E-state index contributed by atoms with van der Waals surface area (Å²) in [6.07, 6.45) is 2.02. The van der Waals surface area contributed by atoms with Crippen molar-refractivity contribution in [3.8, 4) is 6.07 Å². The standard InChI is InChI=1S/C19H26N4O3/c1-2-14-3-5-16(6-4-14)22-19(25)26-13-15-8-11-23(12-9-15)18(24)17(21)7-10-20/h3-6,15,17H,2,7-9,11-13,21H2,1H3,(H,22,25). The molecule has 1 fully saturated rings. The van der Waals surface area contributed by atoms with E-state index in [9.17, 15) is 9.59 Å². The molecule has 0 aliphatic carbocycles. The van der Waals surface area contributed by atoms with Crippen LogP contribution >= 0.6 is 0 Å². The molecule has 1 saturated heterocycles. The fourth-order valence-corrected chi connectivity index (χ4v) is 2.91. The third-order valence-electron chi connectivity index (χ3n) is 4.61. The van der Waals surface area contributed by atoms with Gasteiger partial charge in [0.15, 0.2) is 0 Å². The number of nitrogens with two attached hydrogens (primary N) is 1. The van der Waals surface area contributed by atoms with Crippen molar-refractivity contribution in [1.82, 2.24) is 4.90 Å². The number of amides is 2. The molecule has 1 heterocycles. The normalized spacial score (nSPS) is 15.8. The lowest BCUT2D eigenvalue weighted by Crippen LogP contribution is -2.47. The Balaban J connectivity index is 1.70. The summed E-state index contributed by atoms with van der Waals surface area (Å²) in [6, 6.07) is 8.82. The Morgan fingerprint density at radius 2 is 2.00 bits per heavy atom. The van der Waals surface area contributed by atoms with Crippen LogP contribution in [-0.2, 0) is 16.0 Å². The first-order chi connectivity index (χ1) is 12.5. The summed E-state index contributed by atoms with van der Waals surface area (Å²) in [4.78, 5) is 25.7. The van der Waals surface area contributed by atoms with Crippen LogP contribution in [0.2, 0.25) is 0 Å². The maximum Gasteiger partial charge on any atom is 0.411 e. The Bertz CT molecular complexity index is 646. The number of nitrogens with one attached hydrogen (secondary N) is 1. The number of hydrogen-bond acceptors (Lipinski definition) is 5. The number of aryl methyl sites for hydroxylation is 1. The largest absolute Gasteiger partial charge is 0.449 e. The number of anilines is 1. The van der Waals surface area contributed by atoms with Gasteiger partial charge in [-0.15, -0.1) is 0 Å². The van der Waals surface area contributed by atoms with Crippen LogP contribution in [0.4, 0.5) is 10.5 Å². The van der Waals surface area contributed by atoms with Crippen LogP contribution in [0.25, 0.3) is 0 Å². The third-order valence-corrected chi connectivity index (χ3v) is 4.61. The van der Waals surface area contributed by atoms with Gasteiger partial charge in [0.1, 0.15) is 0 Å². The van der Waals surface area contributed by atoms with Gasteiger partial charge in [-0.3, -0.25) is 10.1 Å². The van der Waals surface area contributed by atoms with Crippen molar-refractivity contribution in [3.63, 3.8) is 0 Å². The number of ether oxygens (including phenoxy) is 1. The van der Waals surface area contributed by atoms with Crippen LogP contribution < -0.4 is 11.1 Å². The molecule has 140 valence electrons. The zero-order valence-electron chi connectivity index (χ0n) is 15.1. The average molecular weight is 358 g/mol. The Morgan fingerprint density at radius 3 is 2.58 bits per heavy atom. The van der Waals surface area contributed by atoms with Crippen molar-refractivity contribution < 1.29 is 14.3 Å². The summed E-state index contributed by atoms with van der Waals surface area (Å²) in [5.74, 6) is 0.0404. The van der Waals surface area contributed by atoms with Crippen LogP contribution in [0.5, 0.6) is 0 Å². The summed E-state index contributed by atoms with van der Waals surface area (Å²) >= 11 is 0. The van der Waals surface area contributed by atoms with E-state index >= 15 is 0 Å². The smallest absolute Gasteiger partial charge is 0.411 e. The molecule has 7 heteroatoms. The number of hydrogen-bond donors (Lipinski definition) is 2. The molecule has 3 N–H and O–H groups in total. The molecule has 1 aromatic rings. The zero-order chi connectivity index (χ0) is 18.9. The van der Waals surface area contributed by atoms with Crippen molar-refractivity contribution >= 4 is 17.7 Å². The second kappa shape index (κ2) is 9.78. The van der Waals surface area contributed by atoms with Gasteiger partial charge in [-0.1, -0.05) is 19.1 Å². The minimum absolute atomic E-state index is 0.0290. The summed E-state index contributed by atoms with van der Waals surface area (Å²) in [7, 11) is 0. The van der Waals surface area contributed by atoms with Crippen molar-refractivity contribution in [2.75, 3.05) is 25.0 Å². The highest BCUT2D eigenvalue weighted by Crippen LogP contribution is 2.19. The van der Waals surface area contributed by atoms with Gasteiger partial charge >= 0.3 is 6.09 Å². The molecule has 0 aromatic heterocycles. The van der Waals surface area contributed by atoms with E-state index in [0.717, 1.165) is 19.3 Å². The van der Waals surface area contributed by atoms with E-state index in [2.05, 4.69) is 12.2 Å². The third kappa shape index (κ3) is 5.74. The van der Waals surface area contributed by atoms with Gasteiger partial charge in [-0.2, -0.15) is 5.26 Å². The molecule has 1 unspecified atom stereocenters. The number of piperidine rings is 1. The highest BCUT2D eigenvalue weighted by molar-refractivity contribution is 5.84. The molecule has 1 atom stereocenters. The second-order valence-corrected chi connectivity index (χ2v) is 6.51. The summed E-state index contributed by atoms with van der Waals surface area (Å²) < 4.78 is 5.30. The van der Waals surface area contributed by atoms with E-state index in [1.165, 1.54) is 5.56 Å². The number of benzene rings is 1. The Hall–Kier alpha value is -2.59. The lowest BCUT2D eigenvalue weighted by molar-refractivity contribution is -0.134. The molecular weight excluding hydrogens is 332 g/mol. The van der Waals surface area contributed by atoms with E-state index in [1.54, 1.807) is 4.90 Å². The molecule has 0 bridgehead atoms. The fraction of sp³-hybridized carbons (Fsp3) is 0.526. The molecule has 0 radical (unpaired) electrons. The van der Waals surface area contributed by atoms with Crippen molar-refractivity contribution in [2.24, 2.45) is 11.7 Å². The SMILES string of the molecule is CCc1ccc(NC(=O)OCC2CCN(C(=O)C(N)CC#N)CC2)cc1. The highest BCUT2D eigenvalue weighted by Gasteiger charge is 2.26. The molecule has 1 aromatic carbocycles. The summed E-state index contributed by atoms with van der Waals surface area (Å²) in [5.41, 5.74) is 7.61. The Kier molecular flexibility index (Phi) is 7.42. The molecule has 26 heavy (non-hydrogen) atoms. The van der Waals surface area contributed by atoms with Crippen LogP contribution in [0, 0.1) is 17.2 Å². The lowest BCUT2D eigenvalue weighted by Gasteiger charge is -2.32. The van der Waals surface area contributed by atoms with Crippen LogP contribution in [-0.4, -0.2) is 42.6 Å². The van der Waals surface area contributed by atoms with Crippen molar-refractivity contribution in [3.05, 3.63) is 29.8 Å². The number of nitrogens with zero attached hydrogens (tertiary/aromatic N) is 2. The van der Waals surface area contributed by atoms with Gasteiger partial charge in [-0.05, 0) is 42.9 Å². The first-order valence-electron chi connectivity index (χ1n) is 8.97. The van der Waals surface area contributed by atoms with Crippen LogP contribution in [0.3, 0.4) is 0 Å². The number of carbonyl (C=O) groups is 2. The van der Waals surface area contributed by atoms with E-state index in [1.807, 2.05) is 30.3 Å². The first-order valence-corrected chi connectivity index (χ1v) is 8.97. The average Bonchev–Trinajstić information content (AvgIpc) is 2.67. The van der Waals surface area contributed by atoms with Crippen molar-refractivity contribution in [1.29, 1.82) is 5.26 Å². The van der Waals surface area contributed by atoms with Gasteiger partial charge in [-0.25, -0.2) is 4.79 Å². The predicted molar refractivity (Wildman–Crippen MR) is 98.3 cm³/mol. The van der Waals surface area contributed by atoms with E-state index in [4.69, 9.17) is 15.7 Å².